The van der Waals surface area contributed by atoms with E-state index in [2.05, 4.69) is 19.9 Å². The Labute approximate surface area is 214 Å². The average molecular weight is 496 g/mol. The maximum absolute atomic E-state index is 12.8. The number of likely N-dealkylation sites (tertiary alicyclic amines) is 1. The molecule has 7 atom stereocenters. The Balaban J connectivity index is 1.13. The quantitative estimate of drug-likeness (QED) is 0.537. The molecule has 0 radical (unpaired) electrons. The number of hydrogen-bond donors (Lipinski definition) is 1. The molecule has 36 heavy (non-hydrogen) atoms. The van der Waals surface area contributed by atoms with Crippen molar-refractivity contribution in [1.82, 2.24) is 4.90 Å². The van der Waals surface area contributed by atoms with Crippen molar-refractivity contribution in [1.29, 1.82) is 0 Å². The second-order valence-electron chi connectivity index (χ2n) is 12.8. The lowest BCUT2D eigenvalue weighted by Gasteiger charge is -2.59. The van der Waals surface area contributed by atoms with Gasteiger partial charge in [0.05, 0.1) is 12.4 Å². The molecule has 5 aliphatic rings. The van der Waals surface area contributed by atoms with Crippen molar-refractivity contribution in [3.05, 3.63) is 46.0 Å². The number of rotatable bonds is 2. The van der Waals surface area contributed by atoms with Crippen molar-refractivity contribution < 1.29 is 19.1 Å². The van der Waals surface area contributed by atoms with Gasteiger partial charge in [-0.25, -0.2) is 9.59 Å². The van der Waals surface area contributed by atoms with Gasteiger partial charge in [0.1, 0.15) is 6.10 Å². The minimum absolute atomic E-state index is 0.0237. The molecule has 1 saturated heterocycles. The third-order valence-corrected chi connectivity index (χ3v) is 11.1. The van der Waals surface area contributed by atoms with Gasteiger partial charge in [0.2, 0.25) is 0 Å². The fourth-order valence-electron chi connectivity index (χ4n) is 8.99. The molecule has 1 aromatic rings. The van der Waals surface area contributed by atoms with Gasteiger partial charge in [-0.05, 0) is 110 Å². The van der Waals surface area contributed by atoms with Crippen molar-refractivity contribution >= 4 is 6.09 Å². The van der Waals surface area contributed by atoms with E-state index in [9.17, 15) is 14.7 Å². The third-order valence-electron chi connectivity index (χ3n) is 11.1. The Hall–Kier alpha value is -2.08. The Kier molecular flexibility index (Phi) is 6.09. The number of nitrogens with zero attached hydrogens (tertiary/aromatic N) is 1. The minimum atomic E-state index is -0.282. The lowest BCUT2D eigenvalue weighted by atomic mass is 9.46. The van der Waals surface area contributed by atoms with Crippen molar-refractivity contribution in [3.8, 4) is 0 Å². The molecule has 2 heterocycles. The van der Waals surface area contributed by atoms with Gasteiger partial charge in [-0.1, -0.05) is 25.5 Å². The Morgan fingerprint density at radius 3 is 2.64 bits per heavy atom. The van der Waals surface area contributed by atoms with E-state index in [1.165, 1.54) is 25.7 Å². The van der Waals surface area contributed by atoms with Crippen molar-refractivity contribution in [2.45, 2.75) is 96.2 Å². The highest BCUT2D eigenvalue weighted by atomic mass is 16.6. The van der Waals surface area contributed by atoms with Gasteiger partial charge < -0.3 is 19.2 Å². The number of aliphatic hydroxyl groups is 1. The van der Waals surface area contributed by atoms with E-state index < -0.39 is 0 Å². The van der Waals surface area contributed by atoms with E-state index in [0.717, 1.165) is 31.2 Å². The van der Waals surface area contributed by atoms with Crippen LogP contribution in [0, 0.1) is 28.6 Å². The van der Waals surface area contributed by atoms with Crippen molar-refractivity contribution in [2.75, 3.05) is 13.1 Å². The van der Waals surface area contributed by atoms with Crippen LogP contribution in [0.25, 0.3) is 0 Å². The maximum atomic E-state index is 12.8. The number of amides is 1. The van der Waals surface area contributed by atoms with Gasteiger partial charge in [-0.15, -0.1) is 0 Å². The van der Waals surface area contributed by atoms with E-state index in [1.54, 1.807) is 22.8 Å². The summed E-state index contributed by atoms with van der Waals surface area (Å²) < 4.78 is 11.3. The molecule has 1 aliphatic heterocycles. The summed E-state index contributed by atoms with van der Waals surface area (Å²) in [5, 5.41) is 9.74. The first-order valence-corrected chi connectivity index (χ1v) is 14.2. The number of carbonyl (C=O) groups is 1. The molecule has 6 heteroatoms. The normalized spacial score (nSPS) is 40.6. The second kappa shape index (κ2) is 9.04. The van der Waals surface area contributed by atoms with Crippen LogP contribution < -0.4 is 5.63 Å². The van der Waals surface area contributed by atoms with Gasteiger partial charge in [-0.3, -0.25) is 0 Å². The van der Waals surface area contributed by atoms with E-state index in [-0.39, 0.29) is 29.3 Å². The third kappa shape index (κ3) is 3.95. The molecule has 196 valence electrons. The lowest BCUT2D eigenvalue weighted by molar-refractivity contribution is -0.0879. The van der Waals surface area contributed by atoms with Crippen LogP contribution in [-0.2, 0) is 4.74 Å². The predicted molar refractivity (Wildman–Crippen MR) is 137 cm³/mol. The number of carbonyl (C=O) groups excluding carboxylic acids is 1. The fourth-order valence-corrected chi connectivity index (χ4v) is 8.99. The first-order chi connectivity index (χ1) is 17.3. The summed E-state index contributed by atoms with van der Waals surface area (Å²) in [7, 11) is 0. The molecule has 1 amide bonds. The average Bonchev–Trinajstić information content (AvgIpc) is 3.22. The summed E-state index contributed by atoms with van der Waals surface area (Å²) in [6.07, 6.45) is 14.1. The van der Waals surface area contributed by atoms with Crippen LogP contribution in [-0.4, -0.2) is 41.4 Å². The standard InChI is InChI=1S/C30H41NO5/c1-29-13-9-22(36-28(34)31-15-11-21(32)12-16-31)17-20(29)4-5-23-25-7-6-24(19-3-8-27(33)35-18-19)30(25,2)14-10-26(23)29/h3,7-8,18,20-24,26,32H,4-6,9-17H2,1-2H3/t20-,22+,23+,24-,26+,29+,30-/m1/s1. The summed E-state index contributed by atoms with van der Waals surface area (Å²) in [6, 6.07) is 3.53. The molecule has 4 aliphatic carbocycles. The maximum Gasteiger partial charge on any atom is 0.410 e. The predicted octanol–water partition coefficient (Wildman–Crippen LogP) is 5.65. The summed E-state index contributed by atoms with van der Waals surface area (Å²) in [5.74, 6) is 2.35. The van der Waals surface area contributed by atoms with Crippen molar-refractivity contribution in [2.24, 2.45) is 28.6 Å². The molecule has 0 spiro atoms. The first-order valence-electron chi connectivity index (χ1n) is 14.2. The summed E-state index contributed by atoms with van der Waals surface area (Å²) in [6.45, 7) is 6.17. The van der Waals surface area contributed by atoms with E-state index >= 15 is 0 Å². The van der Waals surface area contributed by atoms with Crippen LogP contribution >= 0.6 is 0 Å². The fraction of sp³-hybridized carbons (Fsp3) is 0.733. The molecule has 0 aromatic carbocycles. The van der Waals surface area contributed by atoms with Crippen LogP contribution in [0.3, 0.4) is 0 Å². The van der Waals surface area contributed by atoms with E-state index in [4.69, 9.17) is 9.15 Å². The van der Waals surface area contributed by atoms with Crippen LogP contribution in [0.2, 0.25) is 0 Å². The lowest BCUT2D eigenvalue weighted by Crippen LogP contribution is -2.52. The first kappa shape index (κ1) is 24.3. The molecule has 4 fully saturated rings. The molecule has 3 saturated carbocycles. The largest absolute Gasteiger partial charge is 0.446 e. The second-order valence-corrected chi connectivity index (χ2v) is 12.8. The molecule has 6 nitrogen and oxygen atoms in total. The Bertz CT molecular complexity index is 1070. The Morgan fingerprint density at radius 2 is 1.89 bits per heavy atom. The van der Waals surface area contributed by atoms with E-state index in [1.807, 2.05) is 6.07 Å². The number of hydrogen-bond acceptors (Lipinski definition) is 5. The molecule has 1 N–H and O–H groups in total. The summed E-state index contributed by atoms with van der Waals surface area (Å²) >= 11 is 0. The number of piperidine rings is 1. The summed E-state index contributed by atoms with van der Waals surface area (Å²) in [5.41, 5.74) is 3.00. The zero-order chi connectivity index (χ0) is 25.1. The molecule has 0 unspecified atom stereocenters. The van der Waals surface area contributed by atoms with Crippen molar-refractivity contribution in [3.63, 3.8) is 0 Å². The van der Waals surface area contributed by atoms with Gasteiger partial charge in [-0.2, -0.15) is 0 Å². The van der Waals surface area contributed by atoms with Crippen LogP contribution in [0.5, 0.6) is 0 Å². The van der Waals surface area contributed by atoms with E-state index in [0.29, 0.717) is 55.0 Å². The molecule has 1 aromatic heterocycles. The monoisotopic (exact) mass is 495 g/mol. The van der Waals surface area contributed by atoms with Crippen LogP contribution in [0.15, 0.2) is 39.3 Å². The number of aliphatic hydroxyl groups excluding tert-OH is 1. The topological polar surface area (TPSA) is 80.0 Å². The number of ether oxygens (including phenoxy) is 1. The number of allylic oxidation sites excluding steroid dienone is 2. The van der Waals surface area contributed by atoms with Gasteiger partial charge >= 0.3 is 11.7 Å². The highest BCUT2D eigenvalue weighted by Gasteiger charge is 2.58. The number of fused-ring (bicyclic) bond motifs is 5. The smallest absolute Gasteiger partial charge is 0.410 e. The molecular formula is C30H41NO5. The highest BCUT2D eigenvalue weighted by molar-refractivity contribution is 5.68. The van der Waals surface area contributed by atoms with Crippen LogP contribution in [0.1, 0.15) is 89.5 Å². The van der Waals surface area contributed by atoms with Gasteiger partial charge in [0.25, 0.3) is 0 Å². The van der Waals surface area contributed by atoms with Crippen LogP contribution in [0.4, 0.5) is 4.79 Å². The zero-order valence-corrected chi connectivity index (χ0v) is 21.8. The Morgan fingerprint density at radius 1 is 1.08 bits per heavy atom. The minimum Gasteiger partial charge on any atom is -0.446 e. The molecule has 6 rings (SSSR count). The molecular weight excluding hydrogens is 454 g/mol. The zero-order valence-electron chi connectivity index (χ0n) is 21.8. The summed E-state index contributed by atoms with van der Waals surface area (Å²) in [4.78, 5) is 26.0. The highest BCUT2D eigenvalue weighted by Crippen LogP contribution is 2.67. The molecule has 0 bridgehead atoms. The van der Waals surface area contributed by atoms with Gasteiger partial charge in [0, 0.05) is 19.2 Å². The van der Waals surface area contributed by atoms with Gasteiger partial charge in [0.15, 0.2) is 0 Å². The SMILES string of the molecule is C[C@]12CC[C@H](OC(=O)N3CCC(O)CC3)C[C@H]1CC[C@H]1C3=CC[C@H](c4ccc(=O)oc4)[C@@]3(C)CC[C@@H]12.